The monoisotopic (exact) mass is 477 g/mol. The second-order valence-corrected chi connectivity index (χ2v) is 8.01. The fraction of sp³-hybridized carbons (Fsp3) is 0.105. The van der Waals surface area contributed by atoms with E-state index in [-0.39, 0.29) is 11.9 Å². The Bertz CT molecular complexity index is 1090. The highest BCUT2D eigenvalue weighted by Gasteiger charge is 2.24. The first-order chi connectivity index (χ1) is 13.5. The van der Waals surface area contributed by atoms with Crippen LogP contribution in [0.1, 0.15) is 10.4 Å². The molecule has 1 aliphatic rings. The third-order valence-corrected chi connectivity index (χ3v) is 5.41. The molecule has 142 valence electrons. The molecule has 0 radical (unpaired) electrons. The quantitative estimate of drug-likeness (QED) is 0.454. The minimum Gasteiger partial charge on any atom is -0.346 e. The molecule has 9 heteroatoms. The van der Waals surface area contributed by atoms with Crippen LogP contribution in [0.4, 0.5) is 11.6 Å². The third kappa shape index (κ3) is 4.06. The molecular weight excluding hydrogens is 465 g/mol. The number of aromatic amines is 1. The van der Waals surface area contributed by atoms with Crippen molar-refractivity contribution in [1.29, 1.82) is 0 Å². The number of amides is 1. The zero-order valence-electron chi connectivity index (χ0n) is 14.3. The van der Waals surface area contributed by atoms with E-state index in [1.165, 1.54) is 0 Å². The molecule has 1 amide bonds. The first kappa shape index (κ1) is 19.0. The van der Waals surface area contributed by atoms with Gasteiger partial charge in [0.1, 0.15) is 0 Å². The van der Waals surface area contributed by atoms with Gasteiger partial charge in [-0.1, -0.05) is 27.5 Å². The van der Waals surface area contributed by atoms with Gasteiger partial charge in [0.15, 0.2) is 0 Å². The van der Waals surface area contributed by atoms with Crippen molar-refractivity contribution in [3.05, 3.63) is 63.7 Å². The van der Waals surface area contributed by atoms with Gasteiger partial charge in [-0.25, -0.2) is 4.98 Å². The van der Waals surface area contributed by atoms with E-state index >= 15 is 0 Å². The summed E-state index contributed by atoms with van der Waals surface area (Å²) in [6, 6.07) is 12.3. The highest BCUT2D eigenvalue weighted by atomic mass is 79.9. The van der Waals surface area contributed by atoms with Crippen LogP contribution in [0.2, 0.25) is 0 Å². The van der Waals surface area contributed by atoms with Crippen molar-refractivity contribution in [2.75, 3.05) is 10.6 Å². The molecule has 0 saturated heterocycles. The normalized spacial score (nSPS) is 18.8. The SMILES string of the molecule is O=C(Nc1ccc(Br)cc1)c1ccc2nc(NC3C(Cl)=CN=CC3Cl)[nH]c2c1. The Morgan fingerprint density at radius 2 is 1.96 bits per heavy atom. The Balaban J connectivity index is 1.53. The lowest BCUT2D eigenvalue weighted by Crippen LogP contribution is -2.33. The molecule has 0 aliphatic carbocycles. The van der Waals surface area contributed by atoms with E-state index in [4.69, 9.17) is 23.2 Å². The summed E-state index contributed by atoms with van der Waals surface area (Å²) < 4.78 is 0.947. The highest BCUT2D eigenvalue weighted by molar-refractivity contribution is 9.10. The molecule has 4 rings (SSSR count). The van der Waals surface area contributed by atoms with Crippen LogP contribution in [0.5, 0.6) is 0 Å². The van der Waals surface area contributed by atoms with Crippen molar-refractivity contribution < 1.29 is 4.79 Å². The summed E-state index contributed by atoms with van der Waals surface area (Å²) in [5.41, 5.74) is 2.68. The van der Waals surface area contributed by atoms with Gasteiger partial charge in [0.25, 0.3) is 5.91 Å². The number of anilines is 2. The second kappa shape index (κ2) is 7.95. The number of rotatable bonds is 4. The van der Waals surface area contributed by atoms with Gasteiger partial charge >= 0.3 is 0 Å². The van der Waals surface area contributed by atoms with E-state index in [0.717, 1.165) is 15.5 Å². The number of halogens is 3. The number of benzene rings is 2. The molecule has 0 saturated carbocycles. The lowest BCUT2D eigenvalue weighted by Gasteiger charge is -2.21. The van der Waals surface area contributed by atoms with Crippen LogP contribution in [0.3, 0.4) is 0 Å². The molecule has 2 unspecified atom stereocenters. The highest BCUT2D eigenvalue weighted by Crippen LogP contribution is 2.24. The van der Waals surface area contributed by atoms with E-state index in [0.29, 0.717) is 22.2 Å². The minimum absolute atomic E-state index is 0.205. The Hall–Kier alpha value is -2.35. The molecule has 3 N–H and O–H groups in total. The number of H-pyrrole nitrogens is 1. The summed E-state index contributed by atoms with van der Waals surface area (Å²) in [5.74, 6) is 0.307. The summed E-state index contributed by atoms with van der Waals surface area (Å²) >= 11 is 15.8. The van der Waals surface area contributed by atoms with Gasteiger partial charge in [0, 0.05) is 28.1 Å². The van der Waals surface area contributed by atoms with Crippen molar-refractivity contribution in [1.82, 2.24) is 9.97 Å². The van der Waals surface area contributed by atoms with Gasteiger partial charge in [-0.2, -0.15) is 0 Å². The molecule has 0 bridgehead atoms. The summed E-state index contributed by atoms with van der Waals surface area (Å²) in [7, 11) is 0. The lowest BCUT2D eigenvalue weighted by molar-refractivity contribution is 0.102. The Morgan fingerprint density at radius 3 is 2.71 bits per heavy atom. The maximum atomic E-state index is 12.5. The fourth-order valence-corrected chi connectivity index (χ4v) is 3.61. The molecule has 28 heavy (non-hydrogen) atoms. The molecular formula is C19H14BrCl2N5O. The Labute approximate surface area is 179 Å². The van der Waals surface area contributed by atoms with E-state index in [9.17, 15) is 4.79 Å². The number of fused-ring (bicyclic) bond motifs is 1. The van der Waals surface area contributed by atoms with Crippen LogP contribution < -0.4 is 10.6 Å². The standard InChI is InChI=1S/C19H14BrCl2N5O/c20-11-2-4-12(5-3-11)24-18(28)10-1-6-15-16(7-10)26-19(25-15)27-17-13(21)8-23-9-14(17)22/h1-9,13,17H,(H,24,28)(H2,25,26,27). The zero-order chi connectivity index (χ0) is 19.7. The number of aromatic nitrogens is 2. The molecule has 0 fully saturated rings. The molecule has 2 heterocycles. The van der Waals surface area contributed by atoms with Crippen LogP contribution in [0.15, 0.2) is 63.2 Å². The number of carbonyl (C=O) groups excluding carboxylic acids is 1. The smallest absolute Gasteiger partial charge is 0.255 e. The predicted molar refractivity (Wildman–Crippen MR) is 118 cm³/mol. The van der Waals surface area contributed by atoms with Gasteiger partial charge in [0.05, 0.1) is 27.5 Å². The van der Waals surface area contributed by atoms with Crippen LogP contribution in [0.25, 0.3) is 11.0 Å². The van der Waals surface area contributed by atoms with E-state index < -0.39 is 5.38 Å². The summed E-state index contributed by atoms with van der Waals surface area (Å²) in [5, 5.41) is 6.14. The third-order valence-electron chi connectivity index (χ3n) is 4.18. The summed E-state index contributed by atoms with van der Waals surface area (Å²) in [6.07, 6.45) is 3.16. The second-order valence-electron chi connectivity index (χ2n) is 6.16. The van der Waals surface area contributed by atoms with Crippen LogP contribution in [-0.2, 0) is 0 Å². The van der Waals surface area contributed by atoms with Crippen molar-refractivity contribution in [3.63, 3.8) is 0 Å². The Morgan fingerprint density at radius 1 is 1.18 bits per heavy atom. The number of carbonyl (C=O) groups is 1. The predicted octanol–water partition coefficient (Wildman–Crippen LogP) is 5.13. The maximum Gasteiger partial charge on any atom is 0.255 e. The number of imidazole rings is 1. The fourth-order valence-electron chi connectivity index (χ4n) is 2.77. The van der Waals surface area contributed by atoms with Gasteiger partial charge in [0.2, 0.25) is 5.95 Å². The molecule has 3 aromatic rings. The first-order valence-electron chi connectivity index (χ1n) is 8.36. The summed E-state index contributed by atoms with van der Waals surface area (Å²) in [4.78, 5) is 24.1. The van der Waals surface area contributed by atoms with Crippen molar-refractivity contribution in [3.8, 4) is 0 Å². The first-order valence-corrected chi connectivity index (χ1v) is 9.96. The zero-order valence-corrected chi connectivity index (χ0v) is 17.4. The minimum atomic E-state index is -0.391. The Kier molecular flexibility index (Phi) is 5.39. The topological polar surface area (TPSA) is 82.2 Å². The molecule has 2 atom stereocenters. The number of nitrogens with zero attached hydrogens (tertiary/aromatic N) is 2. The van der Waals surface area contributed by atoms with Crippen LogP contribution >= 0.6 is 39.1 Å². The average Bonchev–Trinajstić information content (AvgIpc) is 3.08. The summed E-state index contributed by atoms with van der Waals surface area (Å²) in [6.45, 7) is 0. The van der Waals surface area contributed by atoms with Crippen LogP contribution in [-0.4, -0.2) is 33.5 Å². The number of hydrogen-bond acceptors (Lipinski definition) is 4. The molecule has 1 aliphatic heterocycles. The largest absolute Gasteiger partial charge is 0.346 e. The van der Waals surface area contributed by atoms with Crippen molar-refractivity contribution in [2.45, 2.75) is 11.4 Å². The van der Waals surface area contributed by atoms with Crippen LogP contribution in [0, 0.1) is 0 Å². The van der Waals surface area contributed by atoms with Gasteiger partial charge in [-0.05, 0) is 42.5 Å². The van der Waals surface area contributed by atoms with Gasteiger partial charge in [-0.15, -0.1) is 11.6 Å². The average molecular weight is 479 g/mol. The van der Waals surface area contributed by atoms with E-state index in [2.05, 4.69) is 41.5 Å². The maximum absolute atomic E-state index is 12.5. The molecule has 0 spiro atoms. The molecule has 2 aromatic carbocycles. The van der Waals surface area contributed by atoms with E-state index in [1.807, 2.05) is 24.3 Å². The van der Waals surface area contributed by atoms with Crippen molar-refractivity contribution >= 4 is 73.9 Å². The lowest BCUT2D eigenvalue weighted by atomic mass is 10.2. The molecule has 1 aromatic heterocycles. The number of aliphatic imine (C=N–C) groups is 1. The van der Waals surface area contributed by atoms with E-state index in [1.54, 1.807) is 30.6 Å². The number of hydrogen-bond donors (Lipinski definition) is 3. The van der Waals surface area contributed by atoms with Crippen molar-refractivity contribution in [2.24, 2.45) is 4.99 Å². The van der Waals surface area contributed by atoms with Gasteiger partial charge in [-0.3, -0.25) is 9.79 Å². The number of nitrogens with one attached hydrogen (secondary N) is 3. The number of alkyl halides is 1. The van der Waals surface area contributed by atoms with Gasteiger partial charge < -0.3 is 15.6 Å². The molecule has 6 nitrogen and oxygen atoms in total.